The smallest absolute Gasteiger partial charge is 0.257 e. The van der Waals surface area contributed by atoms with Crippen LogP contribution in [0.4, 0.5) is 0 Å². The van der Waals surface area contributed by atoms with Gasteiger partial charge in [0, 0.05) is 6.42 Å². The number of carbonyl (C=O) groups is 1. The molecule has 2 rings (SSSR count). The predicted molar refractivity (Wildman–Crippen MR) is 68.9 cm³/mol. The molecule has 0 fully saturated rings. The van der Waals surface area contributed by atoms with Gasteiger partial charge in [-0.3, -0.25) is 4.79 Å². The van der Waals surface area contributed by atoms with Gasteiger partial charge >= 0.3 is 0 Å². The number of carbonyl (C=O) groups excluding carboxylic acids is 1. The molecule has 0 unspecified atom stereocenters. The van der Waals surface area contributed by atoms with Crippen molar-refractivity contribution in [3.8, 4) is 10.8 Å². The zero-order valence-corrected chi connectivity index (χ0v) is 11.2. The normalized spacial score (nSPS) is 10.8. The minimum atomic E-state index is 0.000809. The summed E-state index contributed by atoms with van der Waals surface area (Å²) in [5.74, 6) is 1.27. The summed E-state index contributed by atoms with van der Waals surface area (Å²) in [7, 11) is 0. The Morgan fingerprint density at radius 2 is 2.33 bits per heavy atom. The number of hydrogen-bond donors (Lipinski definition) is 1. The van der Waals surface area contributed by atoms with Crippen LogP contribution in [0.1, 0.15) is 26.2 Å². The average Bonchev–Trinajstić information content (AvgIpc) is 2.96. The molecule has 2 aromatic heterocycles. The van der Waals surface area contributed by atoms with Crippen LogP contribution in [0.3, 0.4) is 0 Å². The molecule has 2 heterocycles. The maximum absolute atomic E-state index is 11.5. The summed E-state index contributed by atoms with van der Waals surface area (Å²) in [5.41, 5.74) is 0. The van der Waals surface area contributed by atoms with E-state index in [4.69, 9.17) is 4.42 Å². The summed E-state index contributed by atoms with van der Waals surface area (Å²) in [6, 6.07) is 3.84. The molecule has 0 radical (unpaired) electrons. The van der Waals surface area contributed by atoms with Crippen LogP contribution in [0.2, 0.25) is 0 Å². The van der Waals surface area contributed by atoms with Crippen molar-refractivity contribution in [1.82, 2.24) is 15.5 Å². The molecule has 0 aliphatic carbocycles. The number of nitrogens with zero attached hydrogens (tertiary/aromatic N) is 2. The van der Waals surface area contributed by atoms with Crippen LogP contribution in [0.15, 0.2) is 21.9 Å². The predicted octanol–water partition coefficient (Wildman–Crippen LogP) is 2.46. The molecule has 0 aliphatic heterocycles. The van der Waals surface area contributed by atoms with E-state index in [0.29, 0.717) is 24.1 Å². The molecule has 0 aromatic carbocycles. The molecule has 1 N–H and O–H groups in total. The van der Waals surface area contributed by atoms with Gasteiger partial charge < -0.3 is 9.73 Å². The SMILES string of the molecule is CC(C)CC(=O)NCc1nnc(-c2cccs2)o1. The Labute approximate surface area is 109 Å². The number of amides is 1. The van der Waals surface area contributed by atoms with Crippen molar-refractivity contribution < 1.29 is 9.21 Å². The lowest BCUT2D eigenvalue weighted by Crippen LogP contribution is -2.24. The Morgan fingerprint density at radius 3 is 3.00 bits per heavy atom. The minimum Gasteiger partial charge on any atom is -0.418 e. The summed E-state index contributed by atoms with van der Waals surface area (Å²) >= 11 is 1.54. The van der Waals surface area contributed by atoms with Gasteiger partial charge in [0.15, 0.2) is 0 Å². The van der Waals surface area contributed by atoms with Gasteiger partial charge in [0.05, 0.1) is 11.4 Å². The molecule has 1 amide bonds. The topological polar surface area (TPSA) is 68.0 Å². The monoisotopic (exact) mass is 265 g/mol. The Bertz CT molecular complexity index is 505. The van der Waals surface area contributed by atoms with Gasteiger partial charge in [-0.1, -0.05) is 19.9 Å². The lowest BCUT2D eigenvalue weighted by atomic mass is 10.1. The molecule has 0 atom stereocenters. The van der Waals surface area contributed by atoms with Gasteiger partial charge in [0.2, 0.25) is 11.8 Å². The lowest BCUT2D eigenvalue weighted by molar-refractivity contribution is -0.122. The number of aromatic nitrogens is 2. The van der Waals surface area contributed by atoms with E-state index in [1.165, 1.54) is 11.3 Å². The Balaban J connectivity index is 1.89. The van der Waals surface area contributed by atoms with E-state index in [2.05, 4.69) is 15.5 Å². The van der Waals surface area contributed by atoms with Gasteiger partial charge in [-0.05, 0) is 17.4 Å². The van der Waals surface area contributed by atoms with Gasteiger partial charge in [-0.2, -0.15) is 0 Å². The maximum Gasteiger partial charge on any atom is 0.257 e. The van der Waals surface area contributed by atoms with Crippen LogP contribution in [-0.2, 0) is 11.3 Å². The molecule has 0 spiro atoms. The van der Waals surface area contributed by atoms with Gasteiger partial charge in [0.25, 0.3) is 5.89 Å². The first-order valence-corrected chi connectivity index (χ1v) is 6.66. The highest BCUT2D eigenvalue weighted by Gasteiger charge is 2.10. The molecule has 5 nitrogen and oxygen atoms in total. The summed E-state index contributed by atoms with van der Waals surface area (Å²) in [4.78, 5) is 12.4. The molecule has 18 heavy (non-hydrogen) atoms. The molecule has 0 saturated heterocycles. The van der Waals surface area contributed by atoms with E-state index in [-0.39, 0.29) is 12.5 Å². The first kappa shape index (κ1) is 12.8. The minimum absolute atomic E-state index is 0.000809. The van der Waals surface area contributed by atoms with Crippen molar-refractivity contribution in [3.63, 3.8) is 0 Å². The van der Waals surface area contributed by atoms with Crippen molar-refractivity contribution in [3.05, 3.63) is 23.4 Å². The van der Waals surface area contributed by atoms with Crippen LogP contribution in [0.25, 0.3) is 10.8 Å². The van der Waals surface area contributed by atoms with Crippen LogP contribution < -0.4 is 5.32 Å². The molecule has 96 valence electrons. The third kappa shape index (κ3) is 3.40. The van der Waals surface area contributed by atoms with E-state index < -0.39 is 0 Å². The third-order valence-electron chi connectivity index (χ3n) is 2.23. The maximum atomic E-state index is 11.5. The van der Waals surface area contributed by atoms with E-state index >= 15 is 0 Å². The molecule has 0 bridgehead atoms. The van der Waals surface area contributed by atoms with Crippen molar-refractivity contribution in [2.45, 2.75) is 26.8 Å². The number of nitrogens with one attached hydrogen (secondary N) is 1. The fraction of sp³-hybridized carbons (Fsp3) is 0.417. The molecule has 2 aromatic rings. The summed E-state index contributed by atoms with van der Waals surface area (Å²) in [5, 5.41) is 12.5. The second-order valence-electron chi connectivity index (χ2n) is 4.35. The largest absolute Gasteiger partial charge is 0.418 e. The molecule has 0 saturated carbocycles. The highest BCUT2D eigenvalue weighted by atomic mass is 32.1. The molecular weight excluding hydrogens is 250 g/mol. The van der Waals surface area contributed by atoms with Crippen LogP contribution in [-0.4, -0.2) is 16.1 Å². The van der Waals surface area contributed by atoms with Crippen LogP contribution in [0, 0.1) is 5.92 Å². The number of hydrogen-bond acceptors (Lipinski definition) is 5. The number of rotatable bonds is 5. The third-order valence-corrected chi connectivity index (χ3v) is 3.09. The van der Waals surface area contributed by atoms with Crippen molar-refractivity contribution in [2.24, 2.45) is 5.92 Å². The number of thiophene rings is 1. The highest BCUT2D eigenvalue weighted by molar-refractivity contribution is 7.13. The molecule has 0 aliphatic rings. The van der Waals surface area contributed by atoms with Gasteiger partial charge in [-0.15, -0.1) is 21.5 Å². The van der Waals surface area contributed by atoms with E-state index in [1.54, 1.807) is 0 Å². The van der Waals surface area contributed by atoms with Crippen LogP contribution in [0.5, 0.6) is 0 Å². The molecular formula is C12H15N3O2S. The lowest BCUT2D eigenvalue weighted by Gasteiger charge is -2.04. The first-order chi connectivity index (χ1) is 8.65. The van der Waals surface area contributed by atoms with Gasteiger partial charge in [-0.25, -0.2) is 0 Å². The van der Waals surface area contributed by atoms with Crippen molar-refractivity contribution in [1.29, 1.82) is 0 Å². The summed E-state index contributed by atoms with van der Waals surface area (Å²) in [6.07, 6.45) is 0.506. The zero-order chi connectivity index (χ0) is 13.0. The highest BCUT2D eigenvalue weighted by Crippen LogP contribution is 2.22. The Hall–Kier alpha value is -1.69. The van der Waals surface area contributed by atoms with E-state index in [9.17, 15) is 4.79 Å². The fourth-order valence-corrected chi connectivity index (χ4v) is 2.09. The van der Waals surface area contributed by atoms with Crippen LogP contribution >= 0.6 is 11.3 Å². The Kier molecular flexibility index (Phi) is 4.09. The molecule has 6 heteroatoms. The van der Waals surface area contributed by atoms with Crippen molar-refractivity contribution in [2.75, 3.05) is 0 Å². The quantitative estimate of drug-likeness (QED) is 0.901. The zero-order valence-electron chi connectivity index (χ0n) is 10.3. The van der Waals surface area contributed by atoms with E-state index in [0.717, 1.165) is 4.88 Å². The Morgan fingerprint density at radius 1 is 1.50 bits per heavy atom. The summed E-state index contributed by atoms with van der Waals surface area (Å²) in [6.45, 7) is 4.28. The van der Waals surface area contributed by atoms with Gasteiger partial charge in [0.1, 0.15) is 0 Å². The fourth-order valence-electron chi connectivity index (χ4n) is 1.44. The summed E-state index contributed by atoms with van der Waals surface area (Å²) < 4.78 is 5.46. The van der Waals surface area contributed by atoms with Crippen molar-refractivity contribution >= 4 is 17.2 Å². The first-order valence-electron chi connectivity index (χ1n) is 5.78. The van der Waals surface area contributed by atoms with E-state index in [1.807, 2.05) is 31.4 Å². The second-order valence-corrected chi connectivity index (χ2v) is 5.30. The second kappa shape index (κ2) is 5.77. The average molecular weight is 265 g/mol. The standard InChI is InChI=1S/C12H15N3O2S/c1-8(2)6-10(16)13-7-11-14-15-12(17-11)9-4-3-5-18-9/h3-5,8H,6-7H2,1-2H3,(H,13,16).